The number of hydrogen-bond acceptors (Lipinski definition) is 2. The molecular formula is C16H36O2Si. The summed E-state index contributed by atoms with van der Waals surface area (Å²) in [7, 11) is -2.17. The highest BCUT2D eigenvalue weighted by atomic mass is 28.4. The first-order chi connectivity index (χ1) is 8.79. The van der Waals surface area contributed by atoms with Gasteiger partial charge < -0.3 is 8.85 Å². The van der Waals surface area contributed by atoms with Crippen LogP contribution in [-0.4, -0.2) is 21.8 Å². The van der Waals surface area contributed by atoms with Crippen molar-refractivity contribution in [3.63, 3.8) is 0 Å². The second kappa shape index (κ2) is 8.43. The summed E-state index contributed by atoms with van der Waals surface area (Å²) in [6.45, 7) is 19.7. The average Bonchev–Trinajstić information content (AvgIpc) is 2.35. The van der Waals surface area contributed by atoms with Gasteiger partial charge in [-0.15, -0.1) is 0 Å². The Morgan fingerprint density at radius 3 is 1.74 bits per heavy atom. The topological polar surface area (TPSA) is 18.5 Å². The first-order valence-corrected chi connectivity index (χ1v) is 10.1. The molecule has 116 valence electrons. The predicted molar refractivity (Wildman–Crippen MR) is 86.8 cm³/mol. The molecule has 0 bridgehead atoms. The summed E-state index contributed by atoms with van der Waals surface area (Å²) < 4.78 is 12.6. The Hall–Kier alpha value is 0.137. The van der Waals surface area contributed by atoms with E-state index in [4.69, 9.17) is 8.85 Å². The molecule has 0 aliphatic rings. The summed E-state index contributed by atoms with van der Waals surface area (Å²) in [5.41, 5.74) is 0. The number of unbranched alkanes of at least 4 members (excludes halogenated alkanes) is 1. The Morgan fingerprint density at radius 2 is 1.42 bits per heavy atom. The minimum Gasteiger partial charge on any atom is -0.394 e. The van der Waals surface area contributed by atoms with Crippen LogP contribution in [0.3, 0.4) is 0 Å². The minimum absolute atomic E-state index is 0.141. The highest BCUT2D eigenvalue weighted by molar-refractivity contribution is 6.70. The molecular weight excluding hydrogens is 252 g/mol. The Balaban J connectivity index is 5.36. The van der Waals surface area contributed by atoms with Crippen LogP contribution in [0.2, 0.25) is 11.1 Å². The van der Waals surface area contributed by atoms with Crippen molar-refractivity contribution in [1.82, 2.24) is 0 Å². The standard InChI is InChI=1S/C16H36O2Si/c1-9-12-13-19(17-10-2,18-11-3)16(7,8)15(6)14(4)5/h14-15H,9-13H2,1-8H3. The number of rotatable bonds is 10. The summed E-state index contributed by atoms with van der Waals surface area (Å²) in [4.78, 5) is 0. The maximum atomic E-state index is 6.32. The van der Waals surface area contributed by atoms with Gasteiger partial charge in [0.25, 0.3) is 0 Å². The van der Waals surface area contributed by atoms with E-state index in [9.17, 15) is 0 Å². The summed E-state index contributed by atoms with van der Waals surface area (Å²) in [5.74, 6) is 1.26. The van der Waals surface area contributed by atoms with E-state index in [1.54, 1.807) is 0 Å². The van der Waals surface area contributed by atoms with Crippen molar-refractivity contribution in [2.75, 3.05) is 13.2 Å². The molecule has 0 aromatic rings. The van der Waals surface area contributed by atoms with E-state index in [0.717, 1.165) is 19.3 Å². The molecule has 0 amide bonds. The Labute approximate surface area is 122 Å². The van der Waals surface area contributed by atoms with Crippen LogP contribution in [0, 0.1) is 11.8 Å². The third-order valence-electron chi connectivity index (χ3n) is 4.73. The lowest BCUT2D eigenvalue weighted by molar-refractivity contribution is 0.132. The van der Waals surface area contributed by atoms with E-state index in [1.165, 1.54) is 12.8 Å². The van der Waals surface area contributed by atoms with E-state index < -0.39 is 8.56 Å². The van der Waals surface area contributed by atoms with E-state index in [0.29, 0.717) is 11.8 Å². The van der Waals surface area contributed by atoms with E-state index in [2.05, 4.69) is 55.4 Å². The van der Waals surface area contributed by atoms with Gasteiger partial charge in [-0.3, -0.25) is 0 Å². The van der Waals surface area contributed by atoms with Crippen molar-refractivity contribution >= 4 is 8.56 Å². The lowest BCUT2D eigenvalue weighted by Gasteiger charge is -2.47. The van der Waals surface area contributed by atoms with Crippen molar-refractivity contribution < 1.29 is 8.85 Å². The van der Waals surface area contributed by atoms with Gasteiger partial charge >= 0.3 is 8.56 Å². The van der Waals surface area contributed by atoms with Crippen molar-refractivity contribution in [3.05, 3.63) is 0 Å². The van der Waals surface area contributed by atoms with Crippen LogP contribution >= 0.6 is 0 Å². The van der Waals surface area contributed by atoms with Crippen LogP contribution in [0.4, 0.5) is 0 Å². The third kappa shape index (κ3) is 4.57. The Kier molecular flexibility index (Phi) is 8.49. The summed E-state index contributed by atoms with van der Waals surface area (Å²) >= 11 is 0. The SMILES string of the molecule is CCCC[Si](OCC)(OCC)C(C)(C)C(C)C(C)C. The van der Waals surface area contributed by atoms with Gasteiger partial charge in [-0.05, 0) is 31.7 Å². The van der Waals surface area contributed by atoms with Gasteiger partial charge in [0.2, 0.25) is 0 Å². The molecule has 0 spiro atoms. The van der Waals surface area contributed by atoms with Gasteiger partial charge in [0.1, 0.15) is 0 Å². The molecule has 2 nitrogen and oxygen atoms in total. The van der Waals surface area contributed by atoms with Crippen LogP contribution < -0.4 is 0 Å². The number of hydrogen-bond donors (Lipinski definition) is 0. The average molecular weight is 289 g/mol. The zero-order chi connectivity index (χ0) is 15.1. The molecule has 0 aromatic heterocycles. The lowest BCUT2D eigenvalue weighted by Crippen LogP contribution is -2.54. The molecule has 1 unspecified atom stereocenters. The van der Waals surface area contributed by atoms with Crippen LogP contribution in [-0.2, 0) is 8.85 Å². The summed E-state index contributed by atoms with van der Waals surface area (Å²) in [6, 6.07) is 1.12. The van der Waals surface area contributed by atoms with E-state index in [1.807, 2.05) is 0 Å². The van der Waals surface area contributed by atoms with Gasteiger partial charge in [-0.2, -0.15) is 0 Å². The molecule has 0 N–H and O–H groups in total. The zero-order valence-corrected chi connectivity index (χ0v) is 15.5. The fourth-order valence-electron chi connectivity index (χ4n) is 2.94. The Bertz CT molecular complexity index is 233. The van der Waals surface area contributed by atoms with Crippen molar-refractivity contribution in [2.24, 2.45) is 11.8 Å². The molecule has 0 radical (unpaired) electrons. The first kappa shape index (κ1) is 19.1. The third-order valence-corrected chi connectivity index (χ3v) is 9.68. The smallest absolute Gasteiger partial charge is 0.344 e. The van der Waals surface area contributed by atoms with E-state index in [-0.39, 0.29) is 5.04 Å². The van der Waals surface area contributed by atoms with Crippen molar-refractivity contribution in [1.29, 1.82) is 0 Å². The minimum atomic E-state index is -2.17. The molecule has 0 rings (SSSR count). The molecule has 1 atom stereocenters. The van der Waals surface area contributed by atoms with Gasteiger partial charge in [0.15, 0.2) is 0 Å². The molecule has 3 heteroatoms. The van der Waals surface area contributed by atoms with Crippen LogP contribution in [0.15, 0.2) is 0 Å². The largest absolute Gasteiger partial charge is 0.394 e. The summed E-state index contributed by atoms with van der Waals surface area (Å²) in [6.07, 6.45) is 2.42. The van der Waals surface area contributed by atoms with Crippen LogP contribution in [0.1, 0.15) is 68.2 Å². The molecule has 0 aliphatic carbocycles. The second-order valence-electron chi connectivity index (χ2n) is 6.48. The molecule has 0 aromatic carbocycles. The predicted octanol–water partition coefficient (Wildman–Crippen LogP) is 5.37. The fraction of sp³-hybridized carbons (Fsp3) is 1.00. The van der Waals surface area contributed by atoms with Crippen molar-refractivity contribution in [2.45, 2.75) is 79.3 Å². The molecule has 19 heavy (non-hydrogen) atoms. The molecule has 0 fully saturated rings. The second-order valence-corrected chi connectivity index (χ2v) is 10.3. The van der Waals surface area contributed by atoms with E-state index >= 15 is 0 Å². The van der Waals surface area contributed by atoms with Crippen LogP contribution in [0.25, 0.3) is 0 Å². The molecule has 0 saturated heterocycles. The highest BCUT2D eigenvalue weighted by Crippen LogP contribution is 2.50. The lowest BCUT2D eigenvalue weighted by atomic mass is 9.86. The summed E-state index contributed by atoms with van der Waals surface area (Å²) in [5, 5.41) is 0.141. The maximum absolute atomic E-state index is 6.32. The normalized spacial score (nSPS) is 15.0. The quantitative estimate of drug-likeness (QED) is 0.503. The fourth-order valence-corrected chi connectivity index (χ4v) is 7.48. The maximum Gasteiger partial charge on any atom is 0.344 e. The van der Waals surface area contributed by atoms with Crippen LogP contribution in [0.5, 0.6) is 0 Å². The van der Waals surface area contributed by atoms with Crippen molar-refractivity contribution in [3.8, 4) is 0 Å². The Morgan fingerprint density at radius 1 is 0.947 bits per heavy atom. The monoisotopic (exact) mass is 288 g/mol. The molecule has 0 saturated carbocycles. The van der Waals surface area contributed by atoms with Gasteiger partial charge in [-0.1, -0.05) is 54.4 Å². The first-order valence-electron chi connectivity index (χ1n) is 8.06. The zero-order valence-electron chi connectivity index (χ0n) is 14.5. The van der Waals surface area contributed by atoms with Gasteiger partial charge in [0, 0.05) is 18.3 Å². The molecule has 0 aliphatic heterocycles. The van der Waals surface area contributed by atoms with Gasteiger partial charge in [0.05, 0.1) is 0 Å². The highest BCUT2D eigenvalue weighted by Gasteiger charge is 2.54. The molecule has 0 heterocycles. The van der Waals surface area contributed by atoms with Gasteiger partial charge in [-0.25, -0.2) is 0 Å².